The van der Waals surface area contributed by atoms with Gasteiger partial charge in [-0.25, -0.2) is 8.42 Å². The molecule has 0 bridgehead atoms. The Morgan fingerprint density at radius 3 is 2.15 bits per heavy atom. The number of nitrogens with zero attached hydrogens (tertiary/aromatic N) is 1. The summed E-state index contributed by atoms with van der Waals surface area (Å²) in [4.78, 5) is 13.0. The van der Waals surface area contributed by atoms with E-state index < -0.39 is 10.0 Å². The van der Waals surface area contributed by atoms with Gasteiger partial charge in [0, 0.05) is 29.2 Å². The van der Waals surface area contributed by atoms with Crippen molar-refractivity contribution in [3.63, 3.8) is 0 Å². The number of hydrogen-bond donors (Lipinski definition) is 1. The second kappa shape index (κ2) is 9.57. The van der Waals surface area contributed by atoms with Crippen LogP contribution in [0.1, 0.15) is 29.8 Å². The van der Waals surface area contributed by atoms with Gasteiger partial charge in [-0.05, 0) is 55.1 Å². The quantitative estimate of drug-likeness (QED) is 0.387. The fourth-order valence-corrected chi connectivity index (χ4v) is 5.38. The van der Waals surface area contributed by atoms with Gasteiger partial charge < -0.3 is 5.32 Å². The molecule has 0 saturated heterocycles. The molecule has 0 fully saturated rings. The molecule has 4 rings (SSSR count). The maximum absolute atomic E-state index is 13.3. The van der Waals surface area contributed by atoms with Gasteiger partial charge in [0.25, 0.3) is 5.91 Å². The van der Waals surface area contributed by atoms with Gasteiger partial charge in [0.1, 0.15) is 0 Å². The third-order valence-electron chi connectivity index (χ3n) is 5.52. The molecule has 0 spiro atoms. The summed E-state index contributed by atoms with van der Waals surface area (Å²) in [6, 6.07) is 28.9. The zero-order valence-electron chi connectivity index (χ0n) is 18.6. The van der Waals surface area contributed by atoms with E-state index in [9.17, 15) is 13.2 Å². The van der Waals surface area contributed by atoms with Gasteiger partial charge in [-0.15, -0.1) is 0 Å². The molecule has 0 heterocycles. The number of sulfonamides is 1. The van der Waals surface area contributed by atoms with E-state index in [4.69, 9.17) is 0 Å². The van der Waals surface area contributed by atoms with Crippen LogP contribution in [0.4, 0.5) is 5.69 Å². The highest BCUT2D eigenvalue weighted by Crippen LogP contribution is 2.25. The number of amides is 1. The molecule has 0 aliphatic rings. The van der Waals surface area contributed by atoms with E-state index in [2.05, 4.69) is 5.32 Å². The zero-order valence-corrected chi connectivity index (χ0v) is 19.4. The van der Waals surface area contributed by atoms with Crippen molar-refractivity contribution in [1.82, 2.24) is 4.31 Å². The molecule has 33 heavy (non-hydrogen) atoms. The van der Waals surface area contributed by atoms with E-state index in [-0.39, 0.29) is 23.4 Å². The third-order valence-corrected chi connectivity index (χ3v) is 7.55. The minimum absolute atomic E-state index is 0.161. The van der Waals surface area contributed by atoms with Crippen LogP contribution >= 0.6 is 0 Å². The Balaban J connectivity index is 1.55. The van der Waals surface area contributed by atoms with Crippen molar-refractivity contribution in [3.05, 3.63) is 108 Å². The van der Waals surface area contributed by atoms with Gasteiger partial charge in [-0.2, -0.15) is 4.31 Å². The second-order valence-corrected chi connectivity index (χ2v) is 10.0. The summed E-state index contributed by atoms with van der Waals surface area (Å²) >= 11 is 0. The van der Waals surface area contributed by atoms with Crippen LogP contribution in [0.25, 0.3) is 10.8 Å². The molecule has 0 aromatic heterocycles. The number of fused-ring (bicyclic) bond motifs is 1. The van der Waals surface area contributed by atoms with Crippen LogP contribution in [0.2, 0.25) is 0 Å². The van der Waals surface area contributed by atoms with E-state index in [1.165, 1.54) is 16.4 Å². The highest BCUT2D eigenvalue weighted by molar-refractivity contribution is 7.89. The average molecular weight is 459 g/mol. The Morgan fingerprint density at radius 1 is 0.818 bits per heavy atom. The van der Waals surface area contributed by atoms with E-state index in [0.29, 0.717) is 11.3 Å². The molecular formula is C27H26N2O3S. The van der Waals surface area contributed by atoms with Crippen molar-refractivity contribution in [1.29, 1.82) is 0 Å². The smallest absolute Gasteiger partial charge is 0.255 e. The standard InChI is InChI=1S/C27H26N2O3S/c1-20(2)29(19-21-9-4-3-5-10-21)33(31,32)24-17-15-23(16-18-24)27(30)28-26-14-8-12-22-11-6-7-13-25(22)26/h3-18,20H,19H2,1-2H3,(H,28,30). The monoisotopic (exact) mass is 458 g/mol. The second-order valence-electron chi connectivity index (χ2n) is 8.13. The van der Waals surface area contributed by atoms with Gasteiger partial charge in [-0.3, -0.25) is 4.79 Å². The first-order valence-electron chi connectivity index (χ1n) is 10.8. The number of nitrogens with one attached hydrogen (secondary N) is 1. The minimum atomic E-state index is -3.73. The Hall–Kier alpha value is -3.48. The topological polar surface area (TPSA) is 66.5 Å². The average Bonchev–Trinajstić information content (AvgIpc) is 2.83. The largest absolute Gasteiger partial charge is 0.321 e. The summed E-state index contributed by atoms with van der Waals surface area (Å²) in [7, 11) is -3.73. The third kappa shape index (κ3) is 4.97. The molecular weight excluding hydrogens is 432 g/mol. The first-order valence-corrected chi connectivity index (χ1v) is 12.3. The van der Waals surface area contributed by atoms with Crippen molar-refractivity contribution in [2.45, 2.75) is 31.3 Å². The SMILES string of the molecule is CC(C)N(Cc1ccccc1)S(=O)(=O)c1ccc(C(=O)Nc2cccc3ccccc23)cc1. The van der Waals surface area contributed by atoms with Gasteiger partial charge in [0.05, 0.1) is 4.90 Å². The summed E-state index contributed by atoms with van der Waals surface area (Å²) in [5, 5.41) is 4.91. The van der Waals surface area contributed by atoms with Crippen LogP contribution in [0.15, 0.2) is 102 Å². The van der Waals surface area contributed by atoms with Gasteiger partial charge in [0.2, 0.25) is 10.0 Å². The molecule has 0 saturated carbocycles. The Morgan fingerprint density at radius 2 is 1.45 bits per heavy atom. The van der Waals surface area contributed by atoms with Crippen LogP contribution in [0.5, 0.6) is 0 Å². The van der Waals surface area contributed by atoms with E-state index in [0.717, 1.165) is 16.3 Å². The first kappa shape index (κ1) is 22.7. The van der Waals surface area contributed by atoms with Crippen molar-refractivity contribution < 1.29 is 13.2 Å². The molecule has 4 aromatic rings. The van der Waals surface area contributed by atoms with Crippen LogP contribution in [0, 0.1) is 0 Å². The Labute approximate surface area is 194 Å². The van der Waals surface area contributed by atoms with E-state index in [1.807, 2.05) is 86.6 Å². The molecule has 168 valence electrons. The number of anilines is 1. The minimum Gasteiger partial charge on any atom is -0.321 e. The van der Waals surface area contributed by atoms with Gasteiger partial charge in [-0.1, -0.05) is 66.7 Å². The lowest BCUT2D eigenvalue weighted by atomic mass is 10.1. The van der Waals surface area contributed by atoms with Gasteiger partial charge >= 0.3 is 0 Å². The molecule has 0 atom stereocenters. The lowest BCUT2D eigenvalue weighted by molar-refractivity contribution is 0.102. The number of carbonyl (C=O) groups is 1. The van der Waals surface area contributed by atoms with Crippen LogP contribution < -0.4 is 5.32 Å². The van der Waals surface area contributed by atoms with Crippen molar-refractivity contribution in [3.8, 4) is 0 Å². The molecule has 6 heteroatoms. The lowest BCUT2D eigenvalue weighted by Crippen LogP contribution is -2.36. The fraction of sp³-hybridized carbons (Fsp3) is 0.148. The summed E-state index contributed by atoms with van der Waals surface area (Å²) < 4.78 is 28.1. The Kier molecular flexibility index (Phi) is 6.58. The maximum Gasteiger partial charge on any atom is 0.255 e. The van der Waals surface area contributed by atoms with E-state index >= 15 is 0 Å². The fourth-order valence-electron chi connectivity index (χ4n) is 3.75. The number of benzene rings is 4. The summed E-state index contributed by atoms with van der Waals surface area (Å²) in [6.07, 6.45) is 0. The lowest BCUT2D eigenvalue weighted by Gasteiger charge is -2.26. The normalized spacial score (nSPS) is 11.8. The predicted octanol–water partition coefficient (Wildman–Crippen LogP) is 5.69. The molecule has 1 N–H and O–H groups in total. The Bertz CT molecular complexity index is 1360. The zero-order chi connectivity index (χ0) is 23.4. The molecule has 0 aliphatic heterocycles. The highest BCUT2D eigenvalue weighted by Gasteiger charge is 2.27. The maximum atomic E-state index is 13.3. The first-order chi connectivity index (χ1) is 15.9. The van der Waals surface area contributed by atoms with E-state index in [1.54, 1.807) is 12.1 Å². The van der Waals surface area contributed by atoms with Crippen molar-refractivity contribution >= 4 is 32.4 Å². The molecule has 5 nitrogen and oxygen atoms in total. The van der Waals surface area contributed by atoms with Crippen molar-refractivity contribution in [2.75, 3.05) is 5.32 Å². The molecule has 1 amide bonds. The van der Waals surface area contributed by atoms with Crippen LogP contribution in [-0.4, -0.2) is 24.7 Å². The summed E-state index contributed by atoms with van der Waals surface area (Å²) in [5.74, 6) is -0.291. The van der Waals surface area contributed by atoms with Crippen LogP contribution in [-0.2, 0) is 16.6 Å². The molecule has 0 unspecified atom stereocenters. The molecule has 0 aliphatic carbocycles. The van der Waals surface area contributed by atoms with Crippen molar-refractivity contribution in [2.24, 2.45) is 0 Å². The predicted molar refractivity (Wildman–Crippen MR) is 133 cm³/mol. The summed E-state index contributed by atoms with van der Waals surface area (Å²) in [6.45, 7) is 3.99. The number of carbonyl (C=O) groups excluding carboxylic acids is 1. The van der Waals surface area contributed by atoms with Gasteiger partial charge in [0.15, 0.2) is 0 Å². The number of rotatable bonds is 7. The summed E-state index contributed by atoms with van der Waals surface area (Å²) in [5.41, 5.74) is 2.02. The van der Waals surface area contributed by atoms with Crippen LogP contribution in [0.3, 0.4) is 0 Å². The molecule has 0 radical (unpaired) electrons. The molecule has 4 aromatic carbocycles. The number of hydrogen-bond acceptors (Lipinski definition) is 3. The highest BCUT2D eigenvalue weighted by atomic mass is 32.2.